The number of nitrogens with zero attached hydrogens (tertiary/aromatic N) is 2. The maximum atomic E-state index is 12.6. The third-order valence-corrected chi connectivity index (χ3v) is 3.93. The highest BCUT2D eigenvalue weighted by Gasteiger charge is 2.33. The Labute approximate surface area is 127 Å². The number of benzene rings is 1. The molecule has 2 N–H and O–H groups in total. The fourth-order valence-corrected chi connectivity index (χ4v) is 2.77. The largest absolute Gasteiger partial charge is 0.480 e. The lowest BCUT2D eigenvalue weighted by Crippen LogP contribution is -2.48. The van der Waals surface area contributed by atoms with E-state index in [2.05, 4.69) is 10.2 Å². The van der Waals surface area contributed by atoms with Gasteiger partial charge in [0.15, 0.2) is 0 Å². The molecule has 2 aromatic rings. The van der Waals surface area contributed by atoms with Crippen LogP contribution >= 0.6 is 0 Å². The summed E-state index contributed by atoms with van der Waals surface area (Å²) in [4.78, 5) is 25.3. The Morgan fingerprint density at radius 2 is 2.00 bits per heavy atom. The minimum Gasteiger partial charge on any atom is -0.480 e. The monoisotopic (exact) mass is 299 g/mol. The fraction of sp³-hybridized carbons (Fsp3) is 0.312. The number of aromatic nitrogens is 2. The number of rotatable bonds is 3. The summed E-state index contributed by atoms with van der Waals surface area (Å²) in [6.07, 6.45) is 2.16. The Bertz CT molecular complexity index is 681. The Kier molecular flexibility index (Phi) is 3.91. The number of piperidine rings is 1. The first-order valence-corrected chi connectivity index (χ1v) is 7.31. The number of H-pyrrole nitrogens is 1. The summed E-state index contributed by atoms with van der Waals surface area (Å²) in [6.45, 7) is 0.468. The van der Waals surface area contributed by atoms with E-state index in [1.54, 1.807) is 6.07 Å². The smallest absolute Gasteiger partial charge is 0.326 e. The number of amides is 1. The SMILES string of the molecule is O=C(O)[C@H]1CCCCN1C(=O)c1cc(-c2ccccc2)n[nH]1. The van der Waals surface area contributed by atoms with Gasteiger partial charge in [0.25, 0.3) is 5.91 Å². The van der Waals surface area contributed by atoms with Crippen molar-refractivity contribution in [3.63, 3.8) is 0 Å². The third-order valence-electron chi connectivity index (χ3n) is 3.93. The van der Waals surface area contributed by atoms with Gasteiger partial charge in [0.2, 0.25) is 0 Å². The number of carbonyl (C=O) groups excluding carboxylic acids is 1. The minimum absolute atomic E-state index is 0.304. The van der Waals surface area contributed by atoms with Gasteiger partial charge in [-0.2, -0.15) is 5.10 Å². The van der Waals surface area contributed by atoms with Crippen molar-refractivity contribution in [3.05, 3.63) is 42.1 Å². The van der Waals surface area contributed by atoms with Crippen LogP contribution in [0, 0.1) is 0 Å². The van der Waals surface area contributed by atoms with Gasteiger partial charge in [-0.3, -0.25) is 9.89 Å². The second-order valence-electron chi connectivity index (χ2n) is 5.38. The van der Waals surface area contributed by atoms with E-state index >= 15 is 0 Å². The molecule has 1 atom stereocenters. The average Bonchev–Trinajstić information content (AvgIpc) is 3.05. The molecule has 0 aliphatic carbocycles. The topological polar surface area (TPSA) is 86.3 Å². The molecule has 1 aromatic heterocycles. The Hall–Kier alpha value is -2.63. The van der Waals surface area contributed by atoms with Gasteiger partial charge in [0, 0.05) is 12.1 Å². The van der Waals surface area contributed by atoms with Crippen LogP contribution in [0.5, 0.6) is 0 Å². The van der Waals surface area contributed by atoms with Crippen LogP contribution < -0.4 is 0 Å². The maximum absolute atomic E-state index is 12.6. The summed E-state index contributed by atoms with van der Waals surface area (Å²) in [5.74, 6) is -1.25. The number of aliphatic carboxylic acids is 1. The predicted molar refractivity (Wildman–Crippen MR) is 80.3 cm³/mol. The molecule has 1 aromatic carbocycles. The van der Waals surface area contributed by atoms with Gasteiger partial charge in [-0.1, -0.05) is 30.3 Å². The van der Waals surface area contributed by atoms with E-state index in [4.69, 9.17) is 0 Å². The van der Waals surface area contributed by atoms with Gasteiger partial charge >= 0.3 is 5.97 Å². The van der Waals surface area contributed by atoms with Crippen molar-refractivity contribution >= 4 is 11.9 Å². The van der Waals surface area contributed by atoms with Crippen LogP contribution in [-0.4, -0.2) is 44.7 Å². The van der Waals surface area contributed by atoms with Crippen molar-refractivity contribution in [2.75, 3.05) is 6.54 Å². The van der Waals surface area contributed by atoms with Crippen LogP contribution in [0.1, 0.15) is 29.8 Å². The fourth-order valence-electron chi connectivity index (χ4n) is 2.77. The van der Waals surface area contributed by atoms with E-state index in [1.807, 2.05) is 30.3 Å². The molecule has 1 fully saturated rings. The minimum atomic E-state index is -0.948. The van der Waals surface area contributed by atoms with Gasteiger partial charge in [0.05, 0.1) is 5.69 Å². The van der Waals surface area contributed by atoms with E-state index < -0.39 is 12.0 Å². The van der Waals surface area contributed by atoms with Crippen LogP contribution in [0.4, 0.5) is 0 Å². The van der Waals surface area contributed by atoms with Crippen LogP contribution in [0.15, 0.2) is 36.4 Å². The summed E-state index contributed by atoms with van der Waals surface area (Å²) in [7, 11) is 0. The maximum Gasteiger partial charge on any atom is 0.326 e. The van der Waals surface area contributed by atoms with Crippen molar-refractivity contribution in [3.8, 4) is 11.3 Å². The Morgan fingerprint density at radius 1 is 1.23 bits per heavy atom. The molecule has 1 aliphatic heterocycles. The molecule has 3 rings (SSSR count). The van der Waals surface area contributed by atoms with E-state index in [9.17, 15) is 14.7 Å². The van der Waals surface area contributed by atoms with Gasteiger partial charge < -0.3 is 10.0 Å². The molecule has 0 radical (unpaired) electrons. The number of likely N-dealkylation sites (tertiary alicyclic amines) is 1. The highest BCUT2D eigenvalue weighted by Crippen LogP contribution is 2.22. The number of hydrogen-bond acceptors (Lipinski definition) is 3. The van der Waals surface area contributed by atoms with E-state index in [0.717, 1.165) is 18.4 Å². The molecule has 0 unspecified atom stereocenters. The zero-order chi connectivity index (χ0) is 15.5. The number of carboxylic acid groups (broad SMARTS) is 1. The molecular weight excluding hydrogens is 282 g/mol. The molecule has 6 nitrogen and oxygen atoms in total. The first kappa shape index (κ1) is 14.3. The summed E-state index contributed by atoms with van der Waals surface area (Å²) in [5, 5.41) is 16.1. The van der Waals surface area contributed by atoms with Crippen LogP contribution in [0.3, 0.4) is 0 Å². The third kappa shape index (κ3) is 2.72. The van der Waals surface area contributed by atoms with Crippen LogP contribution in [0.2, 0.25) is 0 Å². The molecule has 0 spiro atoms. The van der Waals surface area contributed by atoms with Gasteiger partial charge in [-0.25, -0.2) is 4.79 Å². The zero-order valence-electron chi connectivity index (χ0n) is 12.0. The molecule has 22 heavy (non-hydrogen) atoms. The van der Waals surface area contributed by atoms with Crippen molar-refractivity contribution in [1.29, 1.82) is 0 Å². The average molecular weight is 299 g/mol. The second-order valence-corrected chi connectivity index (χ2v) is 5.38. The quantitative estimate of drug-likeness (QED) is 0.909. The number of hydrogen-bond donors (Lipinski definition) is 2. The molecule has 6 heteroatoms. The van der Waals surface area contributed by atoms with Crippen molar-refractivity contribution < 1.29 is 14.7 Å². The van der Waals surface area contributed by atoms with Crippen molar-refractivity contribution in [2.45, 2.75) is 25.3 Å². The lowest BCUT2D eigenvalue weighted by Gasteiger charge is -2.32. The normalized spacial score (nSPS) is 18.2. The van der Waals surface area contributed by atoms with Gasteiger partial charge in [0.1, 0.15) is 11.7 Å². The van der Waals surface area contributed by atoms with E-state index in [1.165, 1.54) is 4.90 Å². The number of aromatic amines is 1. The van der Waals surface area contributed by atoms with Gasteiger partial charge in [-0.15, -0.1) is 0 Å². The summed E-state index contributed by atoms with van der Waals surface area (Å²) >= 11 is 0. The first-order chi connectivity index (χ1) is 10.7. The number of carboxylic acids is 1. The second kappa shape index (κ2) is 6.01. The molecule has 1 aliphatic rings. The molecule has 2 heterocycles. The van der Waals surface area contributed by atoms with Crippen LogP contribution in [0.25, 0.3) is 11.3 Å². The summed E-state index contributed by atoms with van der Waals surface area (Å²) < 4.78 is 0. The van der Waals surface area contributed by atoms with Crippen molar-refractivity contribution in [1.82, 2.24) is 15.1 Å². The predicted octanol–water partition coefficient (Wildman–Crippen LogP) is 2.16. The standard InChI is InChI=1S/C16H17N3O3/c20-15(19-9-5-4-8-14(19)16(21)22)13-10-12(17-18-13)11-6-2-1-3-7-11/h1-3,6-7,10,14H,4-5,8-9H2,(H,17,18)(H,21,22)/t14-/m1/s1. The Balaban J connectivity index is 1.83. The lowest BCUT2D eigenvalue weighted by molar-refractivity contribution is -0.143. The van der Waals surface area contributed by atoms with E-state index in [0.29, 0.717) is 24.4 Å². The van der Waals surface area contributed by atoms with Gasteiger partial charge in [-0.05, 0) is 25.3 Å². The van der Waals surface area contributed by atoms with E-state index in [-0.39, 0.29) is 5.91 Å². The zero-order valence-corrected chi connectivity index (χ0v) is 12.0. The Morgan fingerprint density at radius 3 is 2.73 bits per heavy atom. The lowest BCUT2D eigenvalue weighted by atomic mass is 10.0. The molecule has 114 valence electrons. The molecule has 1 amide bonds. The summed E-state index contributed by atoms with van der Waals surface area (Å²) in [6, 6.07) is 10.5. The first-order valence-electron chi connectivity index (χ1n) is 7.31. The van der Waals surface area contributed by atoms with Crippen LogP contribution in [-0.2, 0) is 4.79 Å². The molecule has 0 bridgehead atoms. The molecule has 1 saturated heterocycles. The van der Waals surface area contributed by atoms with Crippen molar-refractivity contribution in [2.24, 2.45) is 0 Å². The summed E-state index contributed by atoms with van der Waals surface area (Å²) in [5.41, 5.74) is 1.91. The molecular formula is C16H17N3O3. The molecule has 0 saturated carbocycles. The highest BCUT2D eigenvalue weighted by atomic mass is 16.4. The number of carbonyl (C=O) groups is 2. The highest BCUT2D eigenvalue weighted by molar-refractivity contribution is 5.96. The number of nitrogens with one attached hydrogen (secondary N) is 1.